The fourth-order valence-corrected chi connectivity index (χ4v) is 2.25. The molecule has 0 unspecified atom stereocenters. The summed E-state index contributed by atoms with van der Waals surface area (Å²) in [5.41, 5.74) is 1.08. The Morgan fingerprint density at radius 1 is 1.53 bits per heavy atom. The molecule has 4 nitrogen and oxygen atoms in total. The minimum atomic E-state index is 0.0664. The lowest BCUT2D eigenvalue weighted by Crippen LogP contribution is -2.38. The van der Waals surface area contributed by atoms with Crippen molar-refractivity contribution in [2.75, 3.05) is 25.0 Å². The summed E-state index contributed by atoms with van der Waals surface area (Å²) in [7, 11) is 0. The van der Waals surface area contributed by atoms with Gasteiger partial charge >= 0.3 is 0 Å². The molecule has 1 fully saturated rings. The van der Waals surface area contributed by atoms with Crippen molar-refractivity contribution in [3.63, 3.8) is 0 Å². The van der Waals surface area contributed by atoms with E-state index in [1.165, 1.54) is 0 Å². The summed E-state index contributed by atoms with van der Waals surface area (Å²) >= 11 is 0. The molecule has 1 saturated heterocycles. The number of rotatable bonds is 3. The van der Waals surface area contributed by atoms with Gasteiger partial charge in [-0.15, -0.1) is 6.42 Å². The van der Waals surface area contributed by atoms with Crippen LogP contribution in [0.25, 0.3) is 0 Å². The van der Waals surface area contributed by atoms with E-state index in [1.807, 2.05) is 19.1 Å². The number of terminal acetylenes is 1. The molecule has 2 rings (SSSR count). The van der Waals surface area contributed by atoms with E-state index < -0.39 is 0 Å². The molecule has 4 heteroatoms. The quantitative estimate of drug-likeness (QED) is 0.838. The lowest BCUT2D eigenvalue weighted by atomic mass is 9.96. The van der Waals surface area contributed by atoms with Crippen LogP contribution in [0.15, 0.2) is 18.3 Å². The zero-order valence-electron chi connectivity index (χ0n) is 11.2. The van der Waals surface area contributed by atoms with Crippen LogP contribution < -0.4 is 5.32 Å². The molecule has 1 N–H and O–H groups in total. The molecular weight excluding hydrogens is 238 g/mol. The van der Waals surface area contributed by atoms with Crippen LogP contribution in [-0.4, -0.2) is 35.4 Å². The Hall–Kier alpha value is -1.86. The number of hydrogen-bond donors (Lipinski definition) is 1. The van der Waals surface area contributed by atoms with Gasteiger partial charge in [-0.05, 0) is 44.5 Å². The molecule has 1 aliphatic heterocycles. The normalized spacial score (nSPS) is 16.8. The fraction of sp³-hybridized carbons (Fsp3) is 0.467. The standard InChI is InChI=1S/C15H19N3O/c1-3-8-18-9-6-13(7-10-18)15(19)17-14-5-4-12(2)11-16-14/h1,4-5,11,13H,6-10H2,2H3,(H,16,17,19). The summed E-state index contributed by atoms with van der Waals surface area (Å²) in [6, 6.07) is 3.78. The molecule has 1 amide bonds. The number of anilines is 1. The second-order valence-electron chi connectivity index (χ2n) is 4.96. The number of aryl methyl sites for hydroxylation is 1. The first-order chi connectivity index (χ1) is 9.19. The maximum Gasteiger partial charge on any atom is 0.228 e. The SMILES string of the molecule is C#CCN1CCC(C(=O)Nc2ccc(C)cn2)CC1. The third-order valence-electron chi connectivity index (χ3n) is 3.44. The van der Waals surface area contributed by atoms with Crippen LogP contribution in [0, 0.1) is 25.2 Å². The number of pyridine rings is 1. The largest absolute Gasteiger partial charge is 0.310 e. The molecule has 0 aliphatic carbocycles. The topological polar surface area (TPSA) is 45.2 Å². The van der Waals surface area contributed by atoms with Gasteiger partial charge in [0.1, 0.15) is 5.82 Å². The van der Waals surface area contributed by atoms with E-state index >= 15 is 0 Å². The van der Waals surface area contributed by atoms with Gasteiger partial charge in [-0.25, -0.2) is 4.98 Å². The highest BCUT2D eigenvalue weighted by molar-refractivity contribution is 5.91. The Kier molecular flexibility index (Phi) is 4.53. The van der Waals surface area contributed by atoms with Crippen LogP contribution in [0.5, 0.6) is 0 Å². The minimum Gasteiger partial charge on any atom is -0.310 e. The molecule has 0 saturated carbocycles. The number of amides is 1. The van der Waals surface area contributed by atoms with Gasteiger partial charge in [0.15, 0.2) is 0 Å². The molecular formula is C15H19N3O. The average Bonchev–Trinajstić information content (AvgIpc) is 2.42. The Labute approximate surface area is 114 Å². The lowest BCUT2D eigenvalue weighted by molar-refractivity contribution is -0.121. The van der Waals surface area contributed by atoms with Crippen LogP contribution in [0.4, 0.5) is 5.82 Å². The van der Waals surface area contributed by atoms with Gasteiger partial charge in [-0.1, -0.05) is 12.0 Å². The summed E-state index contributed by atoms with van der Waals surface area (Å²) in [5.74, 6) is 3.40. The summed E-state index contributed by atoms with van der Waals surface area (Å²) in [6.45, 7) is 4.43. The molecule has 1 aromatic rings. The van der Waals surface area contributed by atoms with E-state index in [4.69, 9.17) is 6.42 Å². The molecule has 100 valence electrons. The first-order valence-electron chi connectivity index (χ1n) is 6.58. The zero-order valence-corrected chi connectivity index (χ0v) is 11.2. The van der Waals surface area contributed by atoms with E-state index in [2.05, 4.69) is 21.1 Å². The van der Waals surface area contributed by atoms with Gasteiger partial charge in [0.2, 0.25) is 5.91 Å². The molecule has 0 aromatic carbocycles. The number of nitrogens with zero attached hydrogens (tertiary/aromatic N) is 2. The molecule has 0 spiro atoms. The van der Waals surface area contributed by atoms with Gasteiger partial charge in [0, 0.05) is 12.1 Å². The molecule has 0 atom stereocenters. The molecule has 19 heavy (non-hydrogen) atoms. The highest BCUT2D eigenvalue weighted by atomic mass is 16.1. The van der Waals surface area contributed by atoms with Gasteiger partial charge in [0.25, 0.3) is 0 Å². The summed E-state index contributed by atoms with van der Waals surface area (Å²) in [6.07, 6.45) is 8.77. The maximum absolute atomic E-state index is 12.1. The zero-order chi connectivity index (χ0) is 13.7. The molecule has 0 bridgehead atoms. The van der Waals surface area contributed by atoms with Crippen molar-refractivity contribution in [2.24, 2.45) is 5.92 Å². The van der Waals surface area contributed by atoms with Crippen molar-refractivity contribution < 1.29 is 4.79 Å². The predicted octanol–water partition coefficient (Wildman–Crippen LogP) is 1.67. The number of aromatic nitrogens is 1. The molecule has 2 heterocycles. The maximum atomic E-state index is 12.1. The van der Waals surface area contributed by atoms with Crippen molar-refractivity contribution in [2.45, 2.75) is 19.8 Å². The predicted molar refractivity (Wildman–Crippen MR) is 75.6 cm³/mol. The smallest absolute Gasteiger partial charge is 0.228 e. The van der Waals surface area contributed by atoms with Crippen LogP contribution in [0.1, 0.15) is 18.4 Å². The van der Waals surface area contributed by atoms with Gasteiger partial charge in [0.05, 0.1) is 6.54 Å². The first-order valence-corrected chi connectivity index (χ1v) is 6.58. The van der Waals surface area contributed by atoms with Gasteiger partial charge < -0.3 is 5.32 Å². The highest BCUT2D eigenvalue weighted by Crippen LogP contribution is 2.18. The third-order valence-corrected chi connectivity index (χ3v) is 3.44. The number of carbonyl (C=O) groups excluding carboxylic acids is 1. The second-order valence-corrected chi connectivity index (χ2v) is 4.96. The van der Waals surface area contributed by atoms with Crippen LogP contribution in [0.2, 0.25) is 0 Å². The number of hydrogen-bond acceptors (Lipinski definition) is 3. The summed E-state index contributed by atoms with van der Waals surface area (Å²) in [5, 5.41) is 2.88. The van der Waals surface area contributed by atoms with Crippen molar-refractivity contribution in [3.05, 3.63) is 23.9 Å². The van der Waals surface area contributed by atoms with E-state index in [9.17, 15) is 4.79 Å². The number of nitrogens with one attached hydrogen (secondary N) is 1. The Morgan fingerprint density at radius 3 is 2.84 bits per heavy atom. The number of piperidine rings is 1. The number of carbonyl (C=O) groups is 1. The van der Waals surface area contributed by atoms with E-state index in [0.717, 1.165) is 31.5 Å². The van der Waals surface area contributed by atoms with Crippen molar-refractivity contribution in [1.29, 1.82) is 0 Å². The van der Waals surface area contributed by atoms with Crippen LogP contribution in [0.3, 0.4) is 0 Å². The van der Waals surface area contributed by atoms with E-state index in [0.29, 0.717) is 12.4 Å². The molecule has 1 aromatic heterocycles. The average molecular weight is 257 g/mol. The second kappa shape index (κ2) is 6.35. The number of likely N-dealkylation sites (tertiary alicyclic amines) is 1. The van der Waals surface area contributed by atoms with Crippen LogP contribution >= 0.6 is 0 Å². The summed E-state index contributed by atoms with van der Waals surface area (Å²) in [4.78, 5) is 18.5. The Morgan fingerprint density at radius 2 is 2.26 bits per heavy atom. The lowest BCUT2D eigenvalue weighted by Gasteiger charge is -2.29. The van der Waals surface area contributed by atoms with Crippen molar-refractivity contribution >= 4 is 11.7 Å². The monoisotopic (exact) mass is 257 g/mol. The third kappa shape index (κ3) is 3.80. The Balaban J connectivity index is 1.85. The highest BCUT2D eigenvalue weighted by Gasteiger charge is 2.24. The fourth-order valence-electron chi connectivity index (χ4n) is 2.25. The first kappa shape index (κ1) is 13.6. The van der Waals surface area contributed by atoms with Crippen molar-refractivity contribution in [3.8, 4) is 12.3 Å². The van der Waals surface area contributed by atoms with Crippen molar-refractivity contribution in [1.82, 2.24) is 9.88 Å². The molecule has 1 aliphatic rings. The van der Waals surface area contributed by atoms with Crippen LogP contribution in [-0.2, 0) is 4.79 Å². The Bertz CT molecular complexity index is 467. The van der Waals surface area contributed by atoms with Gasteiger partial charge in [-0.2, -0.15) is 0 Å². The summed E-state index contributed by atoms with van der Waals surface area (Å²) < 4.78 is 0. The molecule has 0 radical (unpaired) electrons. The van der Waals surface area contributed by atoms with Gasteiger partial charge in [-0.3, -0.25) is 9.69 Å². The minimum absolute atomic E-state index is 0.0664. The van der Waals surface area contributed by atoms with E-state index in [-0.39, 0.29) is 11.8 Å². The van der Waals surface area contributed by atoms with E-state index in [1.54, 1.807) is 6.20 Å².